The van der Waals surface area contributed by atoms with E-state index in [1.54, 1.807) is 0 Å². The number of hydrazone groups is 1. The van der Waals surface area contributed by atoms with E-state index >= 15 is 0 Å². The van der Waals surface area contributed by atoms with E-state index in [0.717, 1.165) is 26.3 Å². The third-order valence-corrected chi connectivity index (χ3v) is 1.47. The minimum absolute atomic E-state index is 0. The molecule has 1 rings (SSSR count). The summed E-state index contributed by atoms with van der Waals surface area (Å²) in [4.78, 5) is 1.23. The van der Waals surface area contributed by atoms with Gasteiger partial charge in [-0.25, -0.2) is 0 Å². The maximum atomic E-state index is 5.18. The molecule has 0 aromatic heterocycles. The highest BCUT2D eigenvalue weighted by atomic mass is 35.5. The maximum absolute atomic E-state index is 5.18. The number of nitrogens with zero attached hydrogens (tertiary/aromatic N) is 2. The fourth-order valence-corrected chi connectivity index (χ4v) is 0.866. The average Bonchev–Trinajstić information content (AvgIpc) is 2.03. The van der Waals surface area contributed by atoms with Crippen molar-refractivity contribution >= 4 is 6.34 Å². The predicted octanol–water partition coefficient (Wildman–Crippen LogP) is -4.59. The monoisotopic (exact) mass is 193 g/mol. The second-order valence-corrected chi connectivity index (χ2v) is 2.89. The van der Waals surface area contributed by atoms with Crippen molar-refractivity contribution in [2.75, 3.05) is 40.4 Å². The van der Waals surface area contributed by atoms with E-state index in [0.29, 0.717) is 0 Å². The van der Waals surface area contributed by atoms with E-state index in [1.165, 1.54) is 4.90 Å². The molecule has 0 amide bonds. The van der Waals surface area contributed by atoms with Crippen LogP contribution < -0.4 is 17.3 Å². The highest BCUT2D eigenvalue weighted by Crippen LogP contribution is 1.94. The van der Waals surface area contributed by atoms with Crippen molar-refractivity contribution in [3.63, 3.8) is 0 Å². The van der Waals surface area contributed by atoms with Crippen molar-refractivity contribution in [3.8, 4) is 0 Å². The van der Waals surface area contributed by atoms with Crippen LogP contribution in [-0.4, -0.2) is 51.7 Å². The Morgan fingerprint density at radius 2 is 1.92 bits per heavy atom. The summed E-state index contributed by atoms with van der Waals surface area (Å²) in [5, 5.41) is 6.31. The van der Waals surface area contributed by atoms with Gasteiger partial charge in [0.2, 0.25) is 6.34 Å². The van der Waals surface area contributed by atoms with Crippen molar-refractivity contribution in [1.29, 1.82) is 0 Å². The lowest BCUT2D eigenvalue weighted by Crippen LogP contribution is -3.04. The van der Waals surface area contributed by atoms with E-state index in [1.807, 2.05) is 25.4 Å². The van der Waals surface area contributed by atoms with Crippen LogP contribution in [0.2, 0.25) is 0 Å². The second-order valence-electron chi connectivity index (χ2n) is 2.89. The minimum Gasteiger partial charge on any atom is -1.00 e. The predicted molar refractivity (Wildman–Crippen MR) is 43.7 cm³/mol. The molecule has 0 bridgehead atoms. The first kappa shape index (κ1) is 11.7. The Hall–Kier alpha value is -0.320. The summed E-state index contributed by atoms with van der Waals surface area (Å²) < 4.78 is 5.18. The molecule has 5 heteroatoms. The SMILES string of the molecule is C[NH+](C)/C=N/N1CCOCC1.[Cl-]. The molecule has 0 saturated carbocycles. The normalized spacial score (nSPS) is 18.4. The highest BCUT2D eigenvalue weighted by molar-refractivity contribution is 5.41. The van der Waals surface area contributed by atoms with Gasteiger partial charge < -0.3 is 17.1 Å². The number of hydrogen-bond donors (Lipinski definition) is 1. The van der Waals surface area contributed by atoms with Gasteiger partial charge >= 0.3 is 0 Å². The minimum atomic E-state index is 0. The molecule has 1 aliphatic heterocycles. The van der Waals surface area contributed by atoms with Crippen LogP contribution in [-0.2, 0) is 4.74 Å². The third-order valence-electron chi connectivity index (χ3n) is 1.47. The van der Waals surface area contributed by atoms with Gasteiger partial charge in [-0.15, -0.1) is 5.10 Å². The zero-order valence-corrected chi connectivity index (χ0v) is 8.34. The largest absolute Gasteiger partial charge is 1.00 e. The second kappa shape index (κ2) is 6.22. The van der Waals surface area contributed by atoms with Crippen LogP contribution in [0.3, 0.4) is 0 Å². The smallest absolute Gasteiger partial charge is 0.205 e. The van der Waals surface area contributed by atoms with E-state index < -0.39 is 0 Å². The molecule has 1 fully saturated rings. The number of hydrogen-bond acceptors (Lipinski definition) is 3. The molecule has 1 saturated heterocycles. The van der Waals surface area contributed by atoms with Crippen molar-refractivity contribution < 1.29 is 22.0 Å². The van der Waals surface area contributed by atoms with Crippen LogP contribution in [0.4, 0.5) is 0 Å². The summed E-state index contributed by atoms with van der Waals surface area (Å²) >= 11 is 0. The summed E-state index contributed by atoms with van der Waals surface area (Å²) in [7, 11) is 4.09. The molecular formula is C7H16ClN3O. The zero-order valence-electron chi connectivity index (χ0n) is 7.59. The van der Waals surface area contributed by atoms with Gasteiger partial charge in [-0.1, -0.05) is 0 Å². The lowest BCUT2D eigenvalue weighted by atomic mass is 10.5. The zero-order chi connectivity index (χ0) is 8.10. The van der Waals surface area contributed by atoms with Crippen LogP contribution in [0.15, 0.2) is 5.10 Å². The standard InChI is InChI=1S/C7H15N3O.ClH/c1-9(2)7-8-10-3-5-11-6-4-10;/h7H,3-6H2,1-2H3;1H/b8-7+;. The van der Waals surface area contributed by atoms with Crippen molar-refractivity contribution in [2.24, 2.45) is 5.10 Å². The first-order chi connectivity index (χ1) is 5.29. The van der Waals surface area contributed by atoms with Gasteiger partial charge in [0, 0.05) is 0 Å². The fraction of sp³-hybridized carbons (Fsp3) is 0.857. The van der Waals surface area contributed by atoms with Crippen LogP contribution in [0.5, 0.6) is 0 Å². The molecule has 1 heterocycles. The first-order valence-electron chi connectivity index (χ1n) is 3.96. The molecule has 72 valence electrons. The molecule has 0 radical (unpaired) electrons. The number of ether oxygens (including phenoxy) is 1. The Balaban J connectivity index is 0.00000121. The molecule has 0 aliphatic carbocycles. The van der Waals surface area contributed by atoms with Crippen molar-refractivity contribution in [3.05, 3.63) is 0 Å². The van der Waals surface area contributed by atoms with E-state index in [9.17, 15) is 0 Å². The van der Waals surface area contributed by atoms with Crippen LogP contribution in [0.25, 0.3) is 0 Å². The lowest BCUT2D eigenvalue weighted by molar-refractivity contribution is -0.750. The molecule has 12 heavy (non-hydrogen) atoms. The highest BCUT2D eigenvalue weighted by Gasteiger charge is 2.06. The maximum Gasteiger partial charge on any atom is 0.205 e. The number of nitrogens with one attached hydrogen (secondary N) is 1. The van der Waals surface area contributed by atoms with Gasteiger partial charge in [0.05, 0.1) is 40.4 Å². The average molecular weight is 194 g/mol. The van der Waals surface area contributed by atoms with Crippen LogP contribution in [0, 0.1) is 0 Å². The van der Waals surface area contributed by atoms with Crippen molar-refractivity contribution in [1.82, 2.24) is 5.01 Å². The fourth-order valence-electron chi connectivity index (χ4n) is 0.866. The number of rotatable bonds is 2. The molecule has 0 aromatic carbocycles. The summed E-state index contributed by atoms with van der Waals surface area (Å²) in [5.41, 5.74) is 0. The molecule has 0 atom stereocenters. The molecular weight excluding hydrogens is 178 g/mol. The summed E-state index contributed by atoms with van der Waals surface area (Å²) in [5.74, 6) is 0. The van der Waals surface area contributed by atoms with Gasteiger partial charge in [0.25, 0.3) is 0 Å². The van der Waals surface area contributed by atoms with E-state index in [-0.39, 0.29) is 12.4 Å². The molecule has 1 aliphatic rings. The Labute approximate surface area is 79.6 Å². The number of halogens is 1. The lowest BCUT2D eigenvalue weighted by Gasteiger charge is -2.22. The summed E-state index contributed by atoms with van der Waals surface area (Å²) in [6.45, 7) is 3.45. The third kappa shape index (κ3) is 4.54. The number of morpholine rings is 1. The van der Waals surface area contributed by atoms with Gasteiger partial charge in [-0.3, -0.25) is 9.91 Å². The summed E-state index contributed by atoms with van der Waals surface area (Å²) in [6, 6.07) is 0. The van der Waals surface area contributed by atoms with Gasteiger partial charge in [-0.2, -0.15) is 0 Å². The van der Waals surface area contributed by atoms with Crippen molar-refractivity contribution in [2.45, 2.75) is 0 Å². The first-order valence-corrected chi connectivity index (χ1v) is 3.96. The van der Waals surface area contributed by atoms with Crippen LogP contribution in [0.1, 0.15) is 0 Å². The van der Waals surface area contributed by atoms with Gasteiger partial charge in [0.1, 0.15) is 0 Å². The number of quaternary nitrogens is 1. The van der Waals surface area contributed by atoms with Crippen LogP contribution >= 0.6 is 0 Å². The Morgan fingerprint density at radius 1 is 1.33 bits per heavy atom. The molecule has 4 nitrogen and oxygen atoms in total. The molecule has 0 spiro atoms. The summed E-state index contributed by atoms with van der Waals surface area (Å²) in [6.07, 6.45) is 1.89. The Morgan fingerprint density at radius 3 is 2.42 bits per heavy atom. The van der Waals surface area contributed by atoms with Gasteiger partial charge in [-0.05, 0) is 0 Å². The molecule has 0 unspecified atom stereocenters. The molecule has 1 N–H and O–H groups in total. The van der Waals surface area contributed by atoms with E-state index in [2.05, 4.69) is 5.10 Å². The van der Waals surface area contributed by atoms with E-state index in [4.69, 9.17) is 4.74 Å². The molecule has 0 aromatic rings. The van der Waals surface area contributed by atoms with Gasteiger partial charge in [0.15, 0.2) is 0 Å². The quantitative estimate of drug-likeness (QED) is 0.354. The Bertz CT molecular complexity index is 135. The Kier molecular flexibility index (Phi) is 6.06. The topological polar surface area (TPSA) is 29.3 Å².